The second-order valence-electron chi connectivity index (χ2n) is 2.58. The van der Waals surface area contributed by atoms with E-state index < -0.39 is 5.82 Å². The zero-order valence-electron chi connectivity index (χ0n) is 7.17. The molecular formula is C10H8FNO. The van der Waals surface area contributed by atoms with E-state index in [1.807, 2.05) is 0 Å². The van der Waals surface area contributed by atoms with Crippen molar-refractivity contribution in [2.45, 2.75) is 13.3 Å². The van der Waals surface area contributed by atoms with Crippen LogP contribution in [0.2, 0.25) is 0 Å². The lowest BCUT2D eigenvalue weighted by Crippen LogP contribution is -2.00. The van der Waals surface area contributed by atoms with E-state index in [4.69, 9.17) is 5.26 Å². The van der Waals surface area contributed by atoms with Gasteiger partial charge in [-0.1, -0.05) is 6.92 Å². The van der Waals surface area contributed by atoms with Crippen LogP contribution in [0.3, 0.4) is 0 Å². The first-order valence-corrected chi connectivity index (χ1v) is 3.92. The summed E-state index contributed by atoms with van der Waals surface area (Å²) < 4.78 is 13.1. The molecule has 0 aliphatic heterocycles. The average molecular weight is 177 g/mol. The molecule has 1 aromatic rings. The van der Waals surface area contributed by atoms with Gasteiger partial charge in [-0.15, -0.1) is 0 Å². The van der Waals surface area contributed by atoms with Crippen LogP contribution < -0.4 is 0 Å². The summed E-state index contributed by atoms with van der Waals surface area (Å²) in [5.74, 6) is -0.868. The summed E-state index contributed by atoms with van der Waals surface area (Å²) in [7, 11) is 0. The lowest BCUT2D eigenvalue weighted by Gasteiger charge is -1.99. The van der Waals surface area contributed by atoms with E-state index in [0.717, 1.165) is 6.07 Å². The number of carbonyl (C=O) groups excluding carboxylic acids is 1. The lowest BCUT2D eigenvalue weighted by molar-refractivity contribution is 0.0984. The number of nitrogens with zero attached hydrogens (tertiary/aromatic N) is 1. The minimum Gasteiger partial charge on any atom is -0.294 e. The van der Waals surface area contributed by atoms with E-state index in [2.05, 4.69) is 0 Å². The Bertz CT molecular complexity index is 379. The molecular weight excluding hydrogens is 169 g/mol. The number of Topliss-reactive ketones (excluding diaryl/α,β-unsaturated/α-hetero) is 1. The topological polar surface area (TPSA) is 40.9 Å². The van der Waals surface area contributed by atoms with Crippen molar-refractivity contribution in [3.63, 3.8) is 0 Å². The molecule has 0 aromatic heterocycles. The summed E-state index contributed by atoms with van der Waals surface area (Å²) in [6.07, 6.45) is 0.267. The van der Waals surface area contributed by atoms with Crippen molar-refractivity contribution in [2.75, 3.05) is 0 Å². The van der Waals surface area contributed by atoms with E-state index in [1.54, 1.807) is 13.0 Å². The van der Waals surface area contributed by atoms with Crippen LogP contribution in [-0.4, -0.2) is 5.78 Å². The number of hydrogen-bond donors (Lipinski definition) is 0. The number of benzene rings is 1. The SMILES string of the molecule is CCC(=O)c1ccc(C#N)cc1F. The van der Waals surface area contributed by atoms with E-state index in [1.165, 1.54) is 12.1 Å². The highest BCUT2D eigenvalue weighted by molar-refractivity contribution is 5.96. The molecule has 0 amide bonds. The molecule has 0 radical (unpaired) electrons. The molecule has 1 rings (SSSR count). The van der Waals surface area contributed by atoms with Crippen LogP contribution >= 0.6 is 0 Å². The van der Waals surface area contributed by atoms with Gasteiger partial charge in [0.1, 0.15) is 5.82 Å². The Hall–Kier alpha value is -1.69. The predicted molar refractivity (Wildman–Crippen MR) is 45.7 cm³/mol. The molecule has 1 aromatic carbocycles. The third-order valence-corrected chi connectivity index (χ3v) is 1.72. The molecule has 13 heavy (non-hydrogen) atoms. The highest BCUT2D eigenvalue weighted by Crippen LogP contribution is 2.11. The molecule has 0 bridgehead atoms. The second-order valence-corrected chi connectivity index (χ2v) is 2.58. The Morgan fingerprint density at radius 1 is 1.62 bits per heavy atom. The normalized spacial score (nSPS) is 9.31. The van der Waals surface area contributed by atoms with E-state index in [9.17, 15) is 9.18 Å². The summed E-state index contributed by atoms with van der Waals surface area (Å²) in [4.78, 5) is 11.1. The van der Waals surface area contributed by atoms with E-state index in [0.29, 0.717) is 0 Å². The van der Waals surface area contributed by atoms with Crippen molar-refractivity contribution in [3.05, 3.63) is 35.1 Å². The van der Waals surface area contributed by atoms with Gasteiger partial charge in [0, 0.05) is 6.42 Å². The summed E-state index contributed by atoms with van der Waals surface area (Å²) in [6, 6.07) is 5.66. The van der Waals surface area contributed by atoms with Gasteiger partial charge in [-0.05, 0) is 18.2 Å². The lowest BCUT2D eigenvalue weighted by atomic mass is 10.1. The molecule has 0 aliphatic carbocycles. The molecule has 2 nitrogen and oxygen atoms in total. The Kier molecular flexibility index (Phi) is 2.76. The first-order chi connectivity index (χ1) is 6.19. The van der Waals surface area contributed by atoms with Crippen molar-refractivity contribution in [2.24, 2.45) is 0 Å². The van der Waals surface area contributed by atoms with Crippen LogP contribution in [0.5, 0.6) is 0 Å². The maximum Gasteiger partial charge on any atom is 0.165 e. The van der Waals surface area contributed by atoms with Crippen LogP contribution in [0.25, 0.3) is 0 Å². The number of rotatable bonds is 2. The van der Waals surface area contributed by atoms with Crippen LogP contribution in [0.1, 0.15) is 29.3 Å². The molecule has 0 aliphatic rings. The van der Waals surface area contributed by atoms with Crippen molar-refractivity contribution in [1.82, 2.24) is 0 Å². The van der Waals surface area contributed by atoms with Gasteiger partial charge in [-0.3, -0.25) is 4.79 Å². The van der Waals surface area contributed by atoms with Crippen LogP contribution in [0.4, 0.5) is 4.39 Å². The average Bonchev–Trinajstić information content (AvgIpc) is 2.16. The van der Waals surface area contributed by atoms with Gasteiger partial charge in [-0.25, -0.2) is 4.39 Å². The van der Waals surface area contributed by atoms with E-state index in [-0.39, 0.29) is 23.3 Å². The monoisotopic (exact) mass is 177 g/mol. The highest BCUT2D eigenvalue weighted by Gasteiger charge is 2.09. The predicted octanol–water partition coefficient (Wildman–Crippen LogP) is 2.29. The third-order valence-electron chi connectivity index (χ3n) is 1.72. The quantitative estimate of drug-likeness (QED) is 0.650. The summed E-state index contributed by atoms with van der Waals surface area (Å²) in [5.41, 5.74) is 0.284. The molecule has 0 atom stereocenters. The molecule has 0 saturated heterocycles. The van der Waals surface area contributed by atoms with Gasteiger partial charge < -0.3 is 0 Å². The molecule has 0 N–H and O–H groups in total. The van der Waals surface area contributed by atoms with Crippen LogP contribution in [0.15, 0.2) is 18.2 Å². The minimum atomic E-state index is -0.620. The fourth-order valence-corrected chi connectivity index (χ4v) is 1.00. The van der Waals surface area contributed by atoms with Gasteiger partial charge in [-0.2, -0.15) is 5.26 Å². The minimum absolute atomic E-state index is 0.0569. The molecule has 3 heteroatoms. The Morgan fingerprint density at radius 3 is 2.77 bits per heavy atom. The molecule has 0 unspecified atom stereocenters. The van der Waals surface area contributed by atoms with Gasteiger partial charge in [0.15, 0.2) is 5.78 Å². The standard InChI is InChI=1S/C10H8FNO/c1-2-10(13)8-4-3-7(6-12)5-9(8)11/h3-5H,2H2,1H3. The van der Waals surface area contributed by atoms with E-state index >= 15 is 0 Å². The molecule has 0 fully saturated rings. The van der Waals surface area contributed by atoms with Crippen molar-refractivity contribution < 1.29 is 9.18 Å². The largest absolute Gasteiger partial charge is 0.294 e. The summed E-state index contributed by atoms with van der Waals surface area (Å²) in [6.45, 7) is 1.67. The van der Waals surface area contributed by atoms with Gasteiger partial charge >= 0.3 is 0 Å². The first kappa shape index (κ1) is 9.40. The van der Waals surface area contributed by atoms with Crippen LogP contribution in [-0.2, 0) is 0 Å². The number of hydrogen-bond acceptors (Lipinski definition) is 2. The van der Waals surface area contributed by atoms with Gasteiger partial charge in [0.05, 0.1) is 17.2 Å². The molecule has 66 valence electrons. The van der Waals surface area contributed by atoms with Crippen molar-refractivity contribution in [1.29, 1.82) is 5.26 Å². The zero-order chi connectivity index (χ0) is 9.84. The summed E-state index contributed by atoms with van der Waals surface area (Å²) in [5, 5.41) is 8.45. The fraction of sp³-hybridized carbons (Fsp3) is 0.200. The Morgan fingerprint density at radius 2 is 2.31 bits per heavy atom. The number of halogens is 1. The van der Waals surface area contributed by atoms with Crippen molar-refractivity contribution in [3.8, 4) is 6.07 Å². The Balaban J connectivity index is 3.14. The fourth-order valence-electron chi connectivity index (χ4n) is 1.00. The first-order valence-electron chi connectivity index (χ1n) is 3.92. The van der Waals surface area contributed by atoms with Crippen LogP contribution in [0, 0.1) is 17.1 Å². The molecule has 0 heterocycles. The van der Waals surface area contributed by atoms with Gasteiger partial charge in [0.2, 0.25) is 0 Å². The number of ketones is 1. The summed E-state index contributed by atoms with van der Waals surface area (Å²) >= 11 is 0. The second kappa shape index (κ2) is 3.81. The molecule has 0 spiro atoms. The zero-order valence-corrected chi connectivity index (χ0v) is 7.17. The van der Waals surface area contributed by atoms with Gasteiger partial charge in [0.25, 0.3) is 0 Å². The van der Waals surface area contributed by atoms with Crippen molar-refractivity contribution >= 4 is 5.78 Å². The molecule has 0 saturated carbocycles. The Labute approximate surface area is 75.6 Å². The smallest absolute Gasteiger partial charge is 0.165 e. The number of carbonyl (C=O) groups is 1. The highest BCUT2D eigenvalue weighted by atomic mass is 19.1. The number of nitriles is 1. The maximum atomic E-state index is 13.1. The maximum absolute atomic E-state index is 13.1. The third kappa shape index (κ3) is 1.91.